The van der Waals surface area contributed by atoms with Gasteiger partial charge < -0.3 is 24.8 Å². The summed E-state index contributed by atoms with van der Waals surface area (Å²) in [5.41, 5.74) is 18.5. The van der Waals surface area contributed by atoms with E-state index in [0.717, 1.165) is 16.5 Å². The fourth-order valence-electron chi connectivity index (χ4n) is 8.69. The predicted octanol–water partition coefficient (Wildman–Crippen LogP) is 9.35. The summed E-state index contributed by atoms with van der Waals surface area (Å²) in [4.78, 5) is 0. The number of aryl methyl sites for hydroxylation is 2. The standard InChI is InChI=1S/C33H31Cl2.C15H14.C5H5.2ClH.Zr/c1-32(2,3)30-18-26-22(16-28(30)20-7-11-24(34)12-8-20)15-23-17-29(21-9-13-25(35)14-10-21)31(19-27(23)26)33(4,5)6;1-12-3-7-14(8-4-12)11-15-9-5-13(2)6-10-15;1-2-4-5-3-1;;;/h7-19H,1-6H3;3-10H,1-2H3;1-3H,4H2;2*1H;/q;;;;;+2/p-2. The maximum Gasteiger partial charge on any atom is -1.00 e. The molecule has 5 heteroatoms. The van der Waals surface area contributed by atoms with Crippen LogP contribution in [0.1, 0.15) is 96.1 Å². The van der Waals surface area contributed by atoms with E-state index in [1.54, 1.807) is 6.49 Å². The molecule has 0 saturated heterocycles. The second-order valence-electron chi connectivity index (χ2n) is 17.8. The number of hydrogen-bond acceptors (Lipinski definition) is 0. The molecule has 0 fully saturated rings. The second-order valence-corrected chi connectivity index (χ2v) is 24.9. The van der Waals surface area contributed by atoms with E-state index < -0.39 is 21.3 Å². The third-order valence-electron chi connectivity index (χ3n) is 11.6. The maximum absolute atomic E-state index is 6.50. The van der Waals surface area contributed by atoms with Gasteiger partial charge in [-0.05, 0) is 0 Å². The van der Waals surface area contributed by atoms with Gasteiger partial charge in [-0.1, -0.05) is 0 Å². The molecule has 8 rings (SSSR count). The largest absolute Gasteiger partial charge is 1.00 e. The van der Waals surface area contributed by atoms with E-state index in [9.17, 15) is 0 Å². The molecule has 0 radical (unpaired) electrons. The van der Waals surface area contributed by atoms with Gasteiger partial charge >= 0.3 is 355 Å². The minimum Gasteiger partial charge on any atom is -1.00 e. The summed E-state index contributed by atoms with van der Waals surface area (Å²) >= 11 is 10.0. The van der Waals surface area contributed by atoms with Crippen LogP contribution in [0, 0.1) is 13.8 Å². The van der Waals surface area contributed by atoms with Crippen LogP contribution in [-0.4, -0.2) is 3.21 Å². The number of hydrogen-bond donors (Lipinski definition) is 0. The van der Waals surface area contributed by atoms with Crippen molar-refractivity contribution in [2.45, 2.75) is 76.3 Å². The van der Waals surface area contributed by atoms with Gasteiger partial charge in [0, 0.05) is 0 Å². The number of rotatable bonds is 6. The monoisotopic (exact) mass is 916 g/mol. The fourth-order valence-corrected chi connectivity index (χ4v) is 17.9. The van der Waals surface area contributed by atoms with Crippen molar-refractivity contribution in [3.8, 4) is 33.4 Å². The SMILES string of the molecule is Cc1ccc([C](c2ccc(C)cc2)=[Zr+2]([C]2=CC=CC2)[CH]2c3cc(-c4ccc(Cl)cc4)c(C(C)(C)C)cc3-c3cc(C(C)(C)C)c(-c4ccc(Cl)cc4)cc32)cc1.[Cl-].[Cl-]. The Morgan fingerprint density at radius 1 is 0.534 bits per heavy atom. The van der Waals surface area contributed by atoms with Crippen molar-refractivity contribution in [1.29, 1.82) is 0 Å². The van der Waals surface area contributed by atoms with Gasteiger partial charge in [0.15, 0.2) is 0 Å². The smallest absolute Gasteiger partial charge is 1.00 e. The van der Waals surface area contributed by atoms with Crippen LogP contribution in [0.25, 0.3) is 33.4 Å². The van der Waals surface area contributed by atoms with Gasteiger partial charge in [0.2, 0.25) is 0 Å². The zero-order valence-electron chi connectivity index (χ0n) is 34.6. The fraction of sp³-hybridized carbons (Fsp3) is 0.226. The van der Waals surface area contributed by atoms with Gasteiger partial charge in [-0.3, -0.25) is 0 Å². The van der Waals surface area contributed by atoms with Crippen LogP contribution in [0.3, 0.4) is 0 Å². The third-order valence-corrected chi connectivity index (χ3v) is 20.4. The quantitative estimate of drug-likeness (QED) is 0.156. The summed E-state index contributed by atoms with van der Waals surface area (Å²) in [5, 5.41) is 1.52. The molecule has 0 bridgehead atoms. The summed E-state index contributed by atoms with van der Waals surface area (Å²) in [6, 6.07) is 46.0. The second kappa shape index (κ2) is 17.4. The van der Waals surface area contributed by atoms with Crippen molar-refractivity contribution in [3.63, 3.8) is 0 Å². The van der Waals surface area contributed by atoms with Crippen LogP contribution in [0.2, 0.25) is 10.0 Å². The minimum atomic E-state index is -3.00. The average molecular weight is 920 g/mol. The van der Waals surface area contributed by atoms with Gasteiger partial charge in [-0.2, -0.15) is 0 Å². The summed E-state index contributed by atoms with van der Waals surface area (Å²) in [7, 11) is 0. The zero-order valence-corrected chi connectivity index (χ0v) is 40.1. The van der Waals surface area contributed by atoms with E-state index >= 15 is 0 Å². The van der Waals surface area contributed by atoms with Crippen LogP contribution >= 0.6 is 23.2 Å². The first-order chi connectivity index (χ1) is 26.7. The van der Waals surface area contributed by atoms with Gasteiger partial charge in [0.05, 0.1) is 0 Å². The van der Waals surface area contributed by atoms with Gasteiger partial charge in [0.1, 0.15) is 0 Å². The Balaban J connectivity index is 0.00000283. The van der Waals surface area contributed by atoms with Crippen LogP contribution in [-0.2, 0) is 32.1 Å². The molecule has 0 spiro atoms. The van der Waals surface area contributed by atoms with Crippen molar-refractivity contribution in [2.75, 3.05) is 0 Å². The van der Waals surface area contributed by atoms with Crippen molar-refractivity contribution < 1.29 is 46.1 Å². The minimum absolute atomic E-state index is 0. The van der Waals surface area contributed by atoms with E-state index in [-0.39, 0.29) is 39.3 Å². The molecular weight excluding hydrogens is 870 g/mol. The van der Waals surface area contributed by atoms with Crippen molar-refractivity contribution in [2.24, 2.45) is 0 Å². The van der Waals surface area contributed by atoms with Gasteiger partial charge in [0.25, 0.3) is 0 Å². The Morgan fingerprint density at radius 2 is 0.931 bits per heavy atom. The number of benzene rings is 6. The molecule has 0 nitrogen and oxygen atoms in total. The molecule has 6 aromatic carbocycles. The zero-order chi connectivity index (χ0) is 39.5. The molecule has 0 atom stereocenters. The van der Waals surface area contributed by atoms with Gasteiger partial charge in [-0.25, -0.2) is 0 Å². The molecule has 0 unspecified atom stereocenters. The van der Waals surface area contributed by atoms with E-state index in [0.29, 0.717) is 0 Å². The predicted molar refractivity (Wildman–Crippen MR) is 239 cm³/mol. The first kappa shape index (κ1) is 44.3. The summed E-state index contributed by atoms with van der Waals surface area (Å²) < 4.78 is 3.44. The van der Waals surface area contributed by atoms with Crippen molar-refractivity contribution in [3.05, 3.63) is 197 Å². The molecule has 294 valence electrons. The molecule has 0 N–H and O–H groups in total. The van der Waals surface area contributed by atoms with E-state index in [2.05, 4.69) is 171 Å². The molecule has 6 aromatic rings. The summed E-state index contributed by atoms with van der Waals surface area (Å²) in [6.07, 6.45) is 8.16. The van der Waals surface area contributed by atoms with E-state index in [1.807, 2.05) is 24.3 Å². The normalized spacial score (nSPS) is 13.2. The molecule has 0 saturated carbocycles. The molecule has 2 aliphatic carbocycles. The van der Waals surface area contributed by atoms with E-state index in [1.165, 1.54) is 77.9 Å². The first-order valence-electron chi connectivity index (χ1n) is 19.8. The topological polar surface area (TPSA) is 0 Å². The molecule has 0 heterocycles. The average Bonchev–Trinajstić information content (AvgIpc) is 3.80. The van der Waals surface area contributed by atoms with Crippen molar-refractivity contribution >= 4 is 26.4 Å². The van der Waals surface area contributed by atoms with Crippen LogP contribution in [0.15, 0.2) is 143 Å². The Morgan fingerprint density at radius 3 is 1.28 bits per heavy atom. The molecule has 0 aliphatic heterocycles. The van der Waals surface area contributed by atoms with Gasteiger partial charge in [-0.15, -0.1) is 0 Å². The van der Waals surface area contributed by atoms with Crippen LogP contribution < -0.4 is 24.8 Å². The third kappa shape index (κ3) is 8.64. The Hall–Kier alpha value is -3.29. The summed E-state index contributed by atoms with van der Waals surface area (Å²) in [5.74, 6) is 0. The van der Waals surface area contributed by atoms with Crippen LogP contribution in [0.4, 0.5) is 0 Å². The number of fused-ring (bicyclic) bond motifs is 3. The number of halogens is 4. The molecule has 58 heavy (non-hydrogen) atoms. The Bertz CT molecular complexity index is 2400. The number of allylic oxidation sites excluding steroid dienone is 4. The molecule has 2 aliphatic rings. The van der Waals surface area contributed by atoms with E-state index in [4.69, 9.17) is 23.2 Å². The molecule has 0 amide bonds. The maximum atomic E-state index is 6.50. The van der Waals surface area contributed by atoms with Crippen LogP contribution in [0.5, 0.6) is 0 Å². The molecule has 0 aromatic heterocycles. The summed E-state index contributed by atoms with van der Waals surface area (Å²) in [6.45, 7) is 18.5. The van der Waals surface area contributed by atoms with Crippen molar-refractivity contribution in [1.82, 2.24) is 0 Å². The first-order valence-corrected chi connectivity index (χ1v) is 24.4. The molecular formula is C53H50Cl4Zr. The Labute approximate surface area is 376 Å². The Kier molecular flexibility index (Phi) is 13.3.